The van der Waals surface area contributed by atoms with Crippen molar-refractivity contribution >= 4 is 36.6 Å². The molecule has 2 N–H and O–H groups in total. The molecule has 3 aromatic rings. The van der Waals surface area contributed by atoms with Gasteiger partial charge in [0.25, 0.3) is 0 Å². The van der Waals surface area contributed by atoms with E-state index in [-0.39, 0.29) is 31.4 Å². The lowest BCUT2D eigenvalue weighted by Crippen LogP contribution is -2.49. The molecule has 0 saturated carbocycles. The lowest BCUT2D eigenvalue weighted by atomic mass is 9.98. The number of nitrogens with one attached hydrogen (secondary N) is 2. The van der Waals surface area contributed by atoms with Gasteiger partial charge in [-0.3, -0.25) is 9.48 Å². The van der Waals surface area contributed by atoms with E-state index in [1.54, 1.807) is 17.1 Å². The van der Waals surface area contributed by atoms with Gasteiger partial charge in [0.1, 0.15) is 11.9 Å². The summed E-state index contributed by atoms with van der Waals surface area (Å²) in [6, 6.07) is 3.17. The Morgan fingerprint density at radius 2 is 2.00 bits per heavy atom. The molecular formula is C23H30FN7OS. The summed E-state index contributed by atoms with van der Waals surface area (Å²) in [7, 11) is 1.95. The minimum atomic E-state index is -0.477. The predicted octanol–water partition coefficient (Wildman–Crippen LogP) is 3.62. The number of rotatable bonds is 6. The van der Waals surface area contributed by atoms with Crippen LogP contribution in [-0.4, -0.2) is 38.7 Å². The van der Waals surface area contributed by atoms with Gasteiger partial charge in [0, 0.05) is 37.6 Å². The topological polar surface area (TPSA) is 88.0 Å². The van der Waals surface area contributed by atoms with Crippen LogP contribution in [0, 0.1) is 25.7 Å². The van der Waals surface area contributed by atoms with Gasteiger partial charge in [-0.2, -0.15) is 23.0 Å². The number of hydrogen-bond donors (Lipinski definition) is 2. The zero-order chi connectivity index (χ0) is 23.0. The van der Waals surface area contributed by atoms with Gasteiger partial charge in [-0.1, -0.05) is 13.8 Å². The highest BCUT2D eigenvalue weighted by Crippen LogP contribution is 2.36. The Labute approximate surface area is 200 Å². The number of nitrogens with zero attached hydrogens (tertiary/aromatic N) is 5. The SMILES string of the molecule is Cc1cc(F)ncc1Cn1cc(CNc2cc3c(c(C)n2)NC(=O)[C@H](C(C)C)N3C)cn1.S. The molecule has 0 fully saturated rings. The molecule has 0 aliphatic carbocycles. The normalized spacial score (nSPS) is 15.2. The summed E-state index contributed by atoms with van der Waals surface area (Å²) in [5, 5.41) is 10.8. The van der Waals surface area contributed by atoms with Crippen molar-refractivity contribution in [1.29, 1.82) is 0 Å². The Kier molecular flexibility index (Phi) is 7.26. The lowest BCUT2D eigenvalue weighted by Gasteiger charge is -2.38. The molecular weight excluding hydrogens is 441 g/mol. The molecule has 4 heterocycles. The number of halogens is 1. The van der Waals surface area contributed by atoms with Crippen LogP contribution >= 0.6 is 13.5 Å². The van der Waals surface area contributed by atoms with Crippen LogP contribution in [0.15, 0.2) is 30.7 Å². The molecule has 1 amide bonds. The second-order valence-corrected chi connectivity index (χ2v) is 8.61. The number of amides is 1. The molecule has 1 aliphatic rings. The van der Waals surface area contributed by atoms with Gasteiger partial charge in [0.05, 0.1) is 29.8 Å². The first kappa shape index (κ1) is 24.5. The van der Waals surface area contributed by atoms with Gasteiger partial charge in [0.2, 0.25) is 11.9 Å². The molecule has 1 aliphatic heterocycles. The van der Waals surface area contributed by atoms with Crippen LogP contribution in [0.2, 0.25) is 0 Å². The van der Waals surface area contributed by atoms with Crippen molar-refractivity contribution in [1.82, 2.24) is 19.7 Å². The minimum absolute atomic E-state index is 0. The van der Waals surface area contributed by atoms with E-state index in [2.05, 4.69) is 25.7 Å². The van der Waals surface area contributed by atoms with Crippen molar-refractivity contribution < 1.29 is 9.18 Å². The second kappa shape index (κ2) is 9.78. The van der Waals surface area contributed by atoms with Crippen LogP contribution < -0.4 is 15.5 Å². The molecule has 3 aromatic heterocycles. The number of anilines is 3. The van der Waals surface area contributed by atoms with E-state index in [1.807, 2.05) is 51.9 Å². The Balaban J connectivity index is 0.00000306. The molecule has 0 bridgehead atoms. The molecule has 8 nitrogen and oxygen atoms in total. The quantitative estimate of drug-likeness (QED) is 0.534. The molecule has 0 radical (unpaired) electrons. The number of aryl methyl sites for hydroxylation is 2. The first-order valence-electron chi connectivity index (χ1n) is 10.6. The number of pyridine rings is 2. The standard InChI is InChI=1S/C23H28FN7O.H2S/c1-13(2)22-23(32)29-21-15(4)28-20(7-18(21)30(22)5)26-8-16-9-27-31(11-16)12-17-10-25-19(24)6-14(17)3;/h6-7,9-11,13,22H,8,12H2,1-5H3,(H,26,28)(H,29,32);1H2/t22-;/m0./s1. The van der Waals surface area contributed by atoms with Crippen molar-refractivity contribution in [2.75, 3.05) is 22.6 Å². The summed E-state index contributed by atoms with van der Waals surface area (Å²) in [4.78, 5) is 22.9. The largest absolute Gasteiger partial charge is 0.366 e. The highest BCUT2D eigenvalue weighted by Gasteiger charge is 2.34. The minimum Gasteiger partial charge on any atom is -0.366 e. The first-order chi connectivity index (χ1) is 15.2. The van der Waals surface area contributed by atoms with Crippen LogP contribution in [0.4, 0.5) is 21.6 Å². The Morgan fingerprint density at radius 3 is 2.70 bits per heavy atom. The van der Waals surface area contributed by atoms with E-state index >= 15 is 0 Å². The number of hydrogen-bond acceptors (Lipinski definition) is 6. The maximum absolute atomic E-state index is 13.2. The highest BCUT2D eigenvalue weighted by molar-refractivity contribution is 7.59. The van der Waals surface area contributed by atoms with E-state index in [0.717, 1.165) is 39.6 Å². The predicted molar refractivity (Wildman–Crippen MR) is 133 cm³/mol. The summed E-state index contributed by atoms with van der Waals surface area (Å²) in [6.07, 6.45) is 5.29. The molecule has 33 heavy (non-hydrogen) atoms. The van der Waals surface area contributed by atoms with E-state index in [9.17, 15) is 9.18 Å². The van der Waals surface area contributed by atoms with Gasteiger partial charge in [0.15, 0.2) is 0 Å². The van der Waals surface area contributed by atoms with E-state index in [1.165, 1.54) is 6.07 Å². The summed E-state index contributed by atoms with van der Waals surface area (Å²) < 4.78 is 15.0. The second-order valence-electron chi connectivity index (χ2n) is 8.61. The van der Waals surface area contributed by atoms with Crippen molar-refractivity contribution in [3.8, 4) is 0 Å². The fourth-order valence-corrected chi connectivity index (χ4v) is 4.12. The van der Waals surface area contributed by atoms with Crippen LogP contribution in [0.25, 0.3) is 0 Å². The van der Waals surface area contributed by atoms with Crippen molar-refractivity contribution in [2.45, 2.75) is 46.8 Å². The Hall–Kier alpha value is -3.14. The highest BCUT2D eigenvalue weighted by atomic mass is 32.1. The van der Waals surface area contributed by atoms with Crippen LogP contribution in [0.5, 0.6) is 0 Å². The van der Waals surface area contributed by atoms with Crippen LogP contribution in [0.1, 0.15) is 36.2 Å². The monoisotopic (exact) mass is 471 g/mol. The number of carbonyl (C=O) groups is 1. The number of fused-ring (bicyclic) bond motifs is 1. The molecule has 10 heteroatoms. The summed E-state index contributed by atoms with van der Waals surface area (Å²) in [5.41, 5.74) is 5.24. The zero-order valence-corrected chi connectivity index (χ0v) is 20.5. The maximum Gasteiger partial charge on any atom is 0.247 e. The smallest absolute Gasteiger partial charge is 0.247 e. The van der Waals surface area contributed by atoms with Gasteiger partial charge < -0.3 is 15.5 Å². The lowest BCUT2D eigenvalue weighted by molar-refractivity contribution is -0.118. The third-order valence-electron chi connectivity index (χ3n) is 5.80. The summed E-state index contributed by atoms with van der Waals surface area (Å²) in [6.45, 7) is 8.91. The van der Waals surface area contributed by atoms with Crippen LogP contribution in [-0.2, 0) is 17.9 Å². The van der Waals surface area contributed by atoms with Crippen molar-refractivity contribution in [2.24, 2.45) is 5.92 Å². The van der Waals surface area contributed by atoms with Gasteiger partial charge >= 0.3 is 0 Å². The average Bonchev–Trinajstić information content (AvgIpc) is 3.17. The van der Waals surface area contributed by atoms with E-state index in [0.29, 0.717) is 13.1 Å². The third kappa shape index (κ3) is 5.11. The molecule has 0 aromatic carbocycles. The fraction of sp³-hybridized carbons (Fsp3) is 0.391. The average molecular weight is 472 g/mol. The maximum atomic E-state index is 13.2. The van der Waals surface area contributed by atoms with Gasteiger partial charge in [-0.05, 0) is 37.0 Å². The Morgan fingerprint density at radius 1 is 1.24 bits per heavy atom. The molecule has 0 unspecified atom stereocenters. The first-order valence-corrected chi connectivity index (χ1v) is 10.6. The number of likely N-dealkylation sites (N-methyl/N-ethyl adjacent to an activating group) is 1. The van der Waals surface area contributed by atoms with Crippen molar-refractivity contribution in [3.05, 3.63) is 59.1 Å². The number of aromatic nitrogens is 4. The summed E-state index contributed by atoms with van der Waals surface area (Å²) in [5.74, 6) is 0.441. The van der Waals surface area contributed by atoms with Crippen molar-refractivity contribution in [3.63, 3.8) is 0 Å². The third-order valence-corrected chi connectivity index (χ3v) is 5.80. The summed E-state index contributed by atoms with van der Waals surface area (Å²) >= 11 is 0. The fourth-order valence-electron chi connectivity index (χ4n) is 4.12. The zero-order valence-electron chi connectivity index (χ0n) is 19.5. The van der Waals surface area contributed by atoms with Gasteiger partial charge in [-0.25, -0.2) is 9.97 Å². The Bertz CT molecular complexity index is 1160. The molecule has 1 atom stereocenters. The van der Waals surface area contributed by atoms with Crippen LogP contribution in [0.3, 0.4) is 0 Å². The molecule has 176 valence electrons. The molecule has 0 saturated heterocycles. The van der Waals surface area contributed by atoms with E-state index < -0.39 is 5.95 Å². The molecule has 4 rings (SSSR count). The van der Waals surface area contributed by atoms with E-state index in [4.69, 9.17) is 0 Å². The van der Waals surface area contributed by atoms with Gasteiger partial charge in [-0.15, -0.1) is 0 Å². The molecule has 0 spiro atoms. The number of carbonyl (C=O) groups excluding carboxylic acids is 1.